The molecule has 2 aromatic carbocycles. The van der Waals surface area contributed by atoms with Crippen molar-refractivity contribution in [2.75, 3.05) is 0 Å². The second-order valence-electron chi connectivity index (χ2n) is 4.07. The van der Waals surface area contributed by atoms with Crippen LogP contribution in [0.4, 0.5) is 0 Å². The van der Waals surface area contributed by atoms with E-state index in [0.29, 0.717) is 12.0 Å². The summed E-state index contributed by atoms with van der Waals surface area (Å²) in [5.41, 5.74) is 1.78. The largest absolute Gasteiger partial charge is 0.294 e. The quantitative estimate of drug-likeness (QED) is 0.862. The van der Waals surface area contributed by atoms with Gasteiger partial charge in [-0.1, -0.05) is 48.5 Å². The summed E-state index contributed by atoms with van der Waals surface area (Å²) in [5, 5.41) is 0. The Morgan fingerprint density at radius 2 is 1.44 bits per heavy atom. The summed E-state index contributed by atoms with van der Waals surface area (Å²) in [6.07, 6.45) is 1.33. The molecule has 0 radical (unpaired) electrons. The second-order valence-corrected chi connectivity index (χ2v) is 5.46. The van der Waals surface area contributed by atoms with Gasteiger partial charge in [0.05, 0.1) is 4.90 Å². The fourth-order valence-corrected chi connectivity index (χ4v) is 2.64. The van der Waals surface area contributed by atoms with Crippen LogP contribution in [0.25, 0.3) is 0 Å². The van der Waals surface area contributed by atoms with Crippen LogP contribution in [-0.2, 0) is 23.0 Å². The van der Waals surface area contributed by atoms with Crippen molar-refractivity contribution in [1.29, 1.82) is 0 Å². The SMILES string of the molecule is O=S(=O)(O)c1ccccc1CCc1ccccc1. The van der Waals surface area contributed by atoms with Crippen LogP contribution in [0, 0.1) is 0 Å². The monoisotopic (exact) mass is 262 g/mol. The Hall–Kier alpha value is -1.65. The zero-order valence-electron chi connectivity index (χ0n) is 9.78. The maximum absolute atomic E-state index is 11.2. The Labute approximate surface area is 107 Å². The minimum absolute atomic E-state index is 0.000862. The summed E-state index contributed by atoms with van der Waals surface area (Å²) in [6, 6.07) is 16.4. The van der Waals surface area contributed by atoms with Crippen molar-refractivity contribution in [2.45, 2.75) is 17.7 Å². The molecular formula is C14H14O3S. The highest BCUT2D eigenvalue weighted by Gasteiger charge is 2.13. The van der Waals surface area contributed by atoms with Gasteiger partial charge in [0.1, 0.15) is 0 Å². The van der Waals surface area contributed by atoms with E-state index in [9.17, 15) is 8.42 Å². The van der Waals surface area contributed by atoms with Crippen LogP contribution >= 0.6 is 0 Å². The summed E-state index contributed by atoms with van der Waals surface area (Å²) >= 11 is 0. The molecule has 94 valence electrons. The molecule has 1 N–H and O–H groups in total. The molecule has 2 aromatic rings. The van der Waals surface area contributed by atoms with Gasteiger partial charge in [-0.05, 0) is 30.0 Å². The van der Waals surface area contributed by atoms with Gasteiger partial charge in [-0.25, -0.2) is 0 Å². The molecule has 18 heavy (non-hydrogen) atoms. The predicted molar refractivity (Wildman–Crippen MR) is 70.1 cm³/mol. The molecule has 0 bridgehead atoms. The van der Waals surface area contributed by atoms with Crippen LogP contribution in [0.2, 0.25) is 0 Å². The standard InChI is InChI=1S/C14H14O3S/c15-18(16,17)14-9-5-4-8-13(14)11-10-12-6-2-1-3-7-12/h1-9H,10-11H2,(H,15,16,17). The molecule has 0 aliphatic rings. The third-order valence-electron chi connectivity index (χ3n) is 2.78. The molecule has 0 spiro atoms. The summed E-state index contributed by atoms with van der Waals surface area (Å²) < 4.78 is 31.6. The first kappa shape index (κ1) is 12.8. The molecule has 0 fully saturated rings. The zero-order valence-corrected chi connectivity index (χ0v) is 10.6. The highest BCUT2D eigenvalue weighted by atomic mass is 32.2. The fourth-order valence-electron chi connectivity index (χ4n) is 1.89. The molecule has 0 aromatic heterocycles. The van der Waals surface area contributed by atoms with Crippen molar-refractivity contribution in [3.05, 3.63) is 65.7 Å². The van der Waals surface area contributed by atoms with Gasteiger partial charge >= 0.3 is 0 Å². The fraction of sp³-hybridized carbons (Fsp3) is 0.143. The maximum atomic E-state index is 11.2. The van der Waals surface area contributed by atoms with Crippen molar-refractivity contribution in [2.24, 2.45) is 0 Å². The van der Waals surface area contributed by atoms with Crippen molar-refractivity contribution >= 4 is 10.1 Å². The third-order valence-corrected chi connectivity index (χ3v) is 3.73. The van der Waals surface area contributed by atoms with Crippen LogP contribution in [0.3, 0.4) is 0 Å². The van der Waals surface area contributed by atoms with E-state index < -0.39 is 10.1 Å². The molecule has 0 saturated heterocycles. The lowest BCUT2D eigenvalue weighted by Crippen LogP contribution is -2.04. The molecule has 2 rings (SSSR count). The van der Waals surface area contributed by atoms with E-state index in [4.69, 9.17) is 4.55 Å². The van der Waals surface area contributed by atoms with E-state index >= 15 is 0 Å². The minimum Gasteiger partial charge on any atom is -0.282 e. The molecule has 4 heteroatoms. The van der Waals surface area contributed by atoms with Crippen LogP contribution in [0.15, 0.2) is 59.5 Å². The molecule has 0 aliphatic heterocycles. The Balaban J connectivity index is 2.20. The van der Waals surface area contributed by atoms with Crippen molar-refractivity contribution in [3.63, 3.8) is 0 Å². The van der Waals surface area contributed by atoms with Crippen LogP contribution in [0.5, 0.6) is 0 Å². The molecule has 0 atom stereocenters. The second kappa shape index (κ2) is 5.33. The van der Waals surface area contributed by atoms with Gasteiger partial charge in [0.15, 0.2) is 0 Å². The van der Waals surface area contributed by atoms with Gasteiger partial charge in [-0.3, -0.25) is 4.55 Å². The van der Waals surface area contributed by atoms with Crippen LogP contribution in [-0.4, -0.2) is 13.0 Å². The van der Waals surface area contributed by atoms with Crippen LogP contribution in [0.1, 0.15) is 11.1 Å². The summed E-state index contributed by atoms with van der Waals surface area (Å²) in [7, 11) is -4.14. The number of aryl methyl sites for hydroxylation is 2. The average Bonchev–Trinajstić information content (AvgIpc) is 2.37. The summed E-state index contributed by atoms with van der Waals surface area (Å²) in [4.78, 5) is 0.000862. The summed E-state index contributed by atoms with van der Waals surface area (Å²) in [6.45, 7) is 0. The molecule has 0 aliphatic carbocycles. The first-order valence-corrected chi connectivity index (χ1v) is 7.11. The van der Waals surface area contributed by atoms with Gasteiger partial charge < -0.3 is 0 Å². The van der Waals surface area contributed by atoms with Gasteiger partial charge in [0.25, 0.3) is 10.1 Å². The Morgan fingerprint density at radius 1 is 0.833 bits per heavy atom. The van der Waals surface area contributed by atoms with Gasteiger partial charge in [0.2, 0.25) is 0 Å². The normalized spacial score (nSPS) is 11.4. The number of hydrogen-bond donors (Lipinski definition) is 1. The molecule has 3 nitrogen and oxygen atoms in total. The Morgan fingerprint density at radius 3 is 2.11 bits per heavy atom. The first-order valence-electron chi connectivity index (χ1n) is 5.67. The zero-order chi connectivity index (χ0) is 13.0. The lowest BCUT2D eigenvalue weighted by atomic mass is 10.0. The molecule has 0 unspecified atom stereocenters. The number of hydrogen-bond acceptors (Lipinski definition) is 2. The summed E-state index contributed by atoms with van der Waals surface area (Å²) in [5.74, 6) is 0. The minimum atomic E-state index is -4.14. The Bertz CT molecular complexity index is 618. The van der Waals surface area contributed by atoms with E-state index in [1.165, 1.54) is 6.07 Å². The van der Waals surface area contributed by atoms with Gasteiger partial charge in [-0.15, -0.1) is 0 Å². The van der Waals surface area contributed by atoms with Gasteiger partial charge in [0, 0.05) is 0 Å². The van der Waals surface area contributed by atoms with Crippen molar-refractivity contribution < 1.29 is 13.0 Å². The lowest BCUT2D eigenvalue weighted by Gasteiger charge is -2.06. The smallest absolute Gasteiger partial charge is 0.282 e. The number of rotatable bonds is 4. The van der Waals surface area contributed by atoms with Crippen molar-refractivity contribution in [1.82, 2.24) is 0 Å². The lowest BCUT2D eigenvalue weighted by molar-refractivity contribution is 0.482. The molecule has 0 heterocycles. The van der Waals surface area contributed by atoms with E-state index in [1.807, 2.05) is 30.3 Å². The predicted octanol–water partition coefficient (Wildman–Crippen LogP) is 2.72. The Kier molecular flexibility index (Phi) is 3.79. The highest BCUT2D eigenvalue weighted by molar-refractivity contribution is 7.85. The molecular weight excluding hydrogens is 248 g/mol. The maximum Gasteiger partial charge on any atom is 0.294 e. The molecule has 0 saturated carbocycles. The van der Waals surface area contributed by atoms with Gasteiger partial charge in [-0.2, -0.15) is 8.42 Å². The first-order chi connectivity index (χ1) is 8.57. The number of benzene rings is 2. The van der Waals surface area contributed by atoms with E-state index in [1.54, 1.807) is 18.2 Å². The van der Waals surface area contributed by atoms with Crippen molar-refractivity contribution in [3.8, 4) is 0 Å². The van der Waals surface area contributed by atoms with E-state index in [-0.39, 0.29) is 4.90 Å². The average molecular weight is 262 g/mol. The molecule has 0 amide bonds. The van der Waals surface area contributed by atoms with E-state index in [2.05, 4.69) is 0 Å². The topological polar surface area (TPSA) is 54.4 Å². The third kappa shape index (κ3) is 3.18. The van der Waals surface area contributed by atoms with E-state index in [0.717, 1.165) is 12.0 Å². The highest BCUT2D eigenvalue weighted by Crippen LogP contribution is 2.17. The van der Waals surface area contributed by atoms with Crippen LogP contribution < -0.4 is 0 Å².